The molecule has 0 atom stereocenters. The number of amides is 1. The van der Waals surface area contributed by atoms with Crippen molar-refractivity contribution in [1.29, 1.82) is 0 Å². The summed E-state index contributed by atoms with van der Waals surface area (Å²) in [5, 5.41) is 6.41. The van der Waals surface area contributed by atoms with Crippen molar-refractivity contribution < 1.29 is 14.0 Å². The van der Waals surface area contributed by atoms with E-state index in [1.807, 2.05) is 25.1 Å². The van der Waals surface area contributed by atoms with Crippen LogP contribution in [0.5, 0.6) is 0 Å². The summed E-state index contributed by atoms with van der Waals surface area (Å²) in [6, 6.07) is 7.65. The molecule has 0 aliphatic heterocycles. The van der Waals surface area contributed by atoms with E-state index in [-0.39, 0.29) is 42.4 Å². The summed E-state index contributed by atoms with van der Waals surface area (Å²) in [4.78, 5) is 35.0. The first-order valence-corrected chi connectivity index (χ1v) is 10.3. The second-order valence-corrected chi connectivity index (χ2v) is 7.82. The van der Waals surface area contributed by atoms with Gasteiger partial charge in [0.25, 0.3) is 0 Å². The smallest absolute Gasteiger partial charge is 0.224 e. The molecule has 1 aromatic carbocycles. The van der Waals surface area contributed by atoms with Gasteiger partial charge in [0.05, 0.1) is 0 Å². The number of carbonyl (C=O) groups is 2. The number of aromatic nitrogens is 2. The molecule has 2 aromatic rings. The van der Waals surface area contributed by atoms with Gasteiger partial charge >= 0.3 is 0 Å². The van der Waals surface area contributed by atoms with Crippen molar-refractivity contribution in [2.24, 2.45) is 0 Å². The van der Waals surface area contributed by atoms with Gasteiger partial charge in [-0.1, -0.05) is 0 Å². The van der Waals surface area contributed by atoms with Crippen LogP contribution in [0, 0.1) is 5.82 Å². The highest BCUT2D eigenvalue weighted by atomic mass is 19.1. The molecule has 1 aliphatic rings. The molecule has 2 N–H and O–H groups in total. The third-order valence-electron chi connectivity index (χ3n) is 5.27. The lowest BCUT2D eigenvalue weighted by atomic mass is 9.91. The second kappa shape index (κ2) is 10.1. The van der Waals surface area contributed by atoms with Crippen LogP contribution < -0.4 is 15.5 Å². The van der Waals surface area contributed by atoms with Crippen LogP contribution >= 0.6 is 0 Å². The van der Waals surface area contributed by atoms with Gasteiger partial charge in [0.2, 0.25) is 11.9 Å². The van der Waals surface area contributed by atoms with Gasteiger partial charge < -0.3 is 15.5 Å². The largest absolute Gasteiger partial charge is 0.363 e. The standard InChI is InChI=1S/C22H28FN5O2/c1-28(2)20-13-14-24-22(27-20)26-18-9-7-17(8-10-18)25-21(30)12-11-19(29)15-3-5-16(23)6-4-15/h3-6,13-14,17-18H,7-12H2,1-2H3,(H,25,30)(H,24,26,27). The minimum absolute atomic E-state index is 0.116. The monoisotopic (exact) mass is 413 g/mol. The highest BCUT2D eigenvalue weighted by molar-refractivity contribution is 5.97. The molecule has 8 heteroatoms. The first kappa shape index (κ1) is 21.7. The van der Waals surface area contributed by atoms with Gasteiger partial charge in [0, 0.05) is 50.8 Å². The summed E-state index contributed by atoms with van der Waals surface area (Å²) in [5.74, 6) is 0.810. The third kappa shape index (κ3) is 6.23. The second-order valence-electron chi connectivity index (χ2n) is 7.82. The maximum absolute atomic E-state index is 12.9. The molecule has 0 bridgehead atoms. The molecule has 1 aromatic heterocycles. The Balaban J connectivity index is 1.39. The van der Waals surface area contributed by atoms with Crippen LogP contribution in [0.25, 0.3) is 0 Å². The van der Waals surface area contributed by atoms with Gasteiger partial charge in [-0.2, -0.15) is 4.98 Å². The van der Waals surface area contributed by atoms with Gasteiger partial charge in [-0.15, -0.1) is 0 Å². The van der Waals surface area contributed by atoms with Crippen LogP contribution in [0.1, 0.15) is 48.9 Å². The number of nitrogens with one attached hydrogen (secondary N) is 2. The number of rotatable bonds is 8. The van der Waals surface area contributed by atoms with Crippen molar-refractivity contribution in [3.05, 3.63) is 47.9 Å². The summed E-state index contributed by atoms with van der Waals surface area (Å²) in [6.45, 7) is 0. The van der Waals surface area contributed by atoms with E-state index in [0.29, 0.717) is 11.5 Å². The normalized spacial score (nSPS) is 18.5. The topological polar surface area (TPSA) is 87.2 Å². The lowest BCUT2D eigenvalue weighted by Crippen LogP contribution is -2.40. The molecule has 1 aliphatic carbocycles. The third-order valence-corrected chi connectivity index (χ3v) is 5.27. The SMILES string of the molecule is CN(C)c1ccnc(NC2CCC(NC(=O)CCC(=O)c3ccc(F)cc3)CC2)n1. The maximum Gasteiger partial charge on any atom is 0.224 e. The summed E-state index contributed by atoms with van der Waals surface area (Å²) < 4.78 is 12.9. The molecule has 160 valence electrons. The summed E-state index contributed by atoms with van der Waals surface area (Å²) >= 11 is 0. The molecule has 0 unspecified atom stereocenters. The average Bonchev–Trinajstić information content (AvgIpc) is 2.74. The lowest BCUT2D eigenvalue weighted by molar-refractivity contribution is -0.122. The minimum atomic E-state index is -0.383. The molecule has 1 saturated carbocycles. The first-order chi connectivity index (χ1) is 14.4. The number of hydrogen-bond acceptors (Lipinski definition) is 6. The summed E-state index contributed by atoms with van der Waals surface area (Å²) in [7, 11) is 3.88. The van der Waals surface area contributed by atoms with Crippen LogP contribution in [-0.4, -0.2) is 47.8 Å². The van der Waals surface area contributed by atoms with E-state index < -0.39 is 0 Å². The Morgan fingerprint density at radius 1 is 1.03 bits per heavy atom. The van der Waals surface area contributed by atoms with E-state index in [9.17, 15) is 14.0 Å². The average molecular weight is 413 g/mol. The highest BCUT2D eigenvalue weighted by Gasteiger charge is 2.23. The molecule has 1 amide bonds. The van der Waals surface area contributed by atoms with E-state index in [0.717, 1.165) is 31.5 Å². The van der Waals surface area contributed by atoms with Gasteiger partial charge in [-0.25, -0.2) is 9.37 Å². The quantitative estimate of drug-likeness (QED) is 0.647. The van der Waals surface area contributed by atoms with E-state index >= 15 is 0 Å². The van der Waals surface area contributed by atoms with Crippen molar-refractivity contribution in [2.75, 3.05) is 24.3 Å². The molecule has 0 radical (unpaired) electrons. The zero-order valence-electron chi connectivity index (χ0n) is 17.4. The number of Topliss-reactive ketones (excluding diaryl/α,β-unsaturated/α-hetero) is 1. The van der Waals surface area contributed by atoms with E-state index in [1.54, 1.807) is 6.20 Å². The van der Waals surface area contributed by atoms with Crippen molar-refractivity contribution in [2.45, 2.75) is 50.6 Å². The zero-order valence-corrected chi connectivity index (χ0v) is 17.4. The van der Waals surface area contributed by atoms with Crippen LogP contribution in [-0.2, 0) is 4.79 Å². The lowest BCUT2D eigenvalue weighted by Gasteiger charge is -2.29. The first-order valence-electron chi connectivity index (χ1n) is 10.3. The number of benzene rings is 1. The van der Waals surface area contributed by atoms with Crippen molar-refractivity contribution in [1.82, 2.24) is 15.3 Å². The number of ketones is 1. The van der Waals surface area contributed by atoms with Gasteiger partial charge in [-0.05, 0) is 56.0 Å². The number of carbonyl (C=O) groups excluding carboxylic acids is 2. The fourth-order valence-corrected chi connectivity index (χ4v) is 3.54. The number of anilines is 2. The Labute approximate surface area is 176 Å². The predicted octanol–water partition coefficient (Wildman–Crippen LogP) is 3.18. The predicted molar refractivity (Wildman–Crippen MR) is 114 cm³/mol. The Bertz CT molecular complexity index is 864. The summed E-state index contributed by atoms with van der Waals surface area (Å²) in [6.07, 6.45) is 5.55. The van der Waals surface area contributed by atoms with E-state index in [2.05, 4.69) is 20.6 Å². The van der Waals surface area contributed by atoms with Crippen LogP contribution in [0.4, 0.5) is 16.2 Å². The Hall–Kier alpha value is -3.03. The molecule has 0 saturated heterocycles. The molecule has 1 fully saturated rings. The number of hydrogen-bond donors (Lipinski definition) is 2. The molecule has 1 heterocycles. The van der Waals surface area contributed by atoms with Crippen LogP contribution in [0.3, 0.4) is 0 Å². The molecule has 7 nitrogen and oxygen atoms in total. The maximum atomic E-state index is 12.9. The van der Waals surface area contributed by atoms with Gasteiger partial charge in [0.1, 0.15) is 11.6 Å². The number of nitrogens with zero attached hydrogens (tertiary/aromatic N) is 3. The van der Waals surface area contributed by atoms with Crippen LogP contribution in [0.2, 0.25) is 0 Å². The van der Waals surface area contributed by atoms with E-state index in [1.165, 1.54) is 24.3 Å². The van der Waals surface area contributed by atoms with Gasteiger partial charge in [0.15, 0.2) is 5.78 Å². The zero-order chi connectivity index (χ0) is 21.5. The van der Waals surface area contributed by atoms with Crippen molar-refractivity contribution >= 4 is 23.5 Å². The highest BCUT2D eigenvalue weighted by Crippen LogP contribution is 2.22. The fourth-order valence-electron chi connectivity index (χ4n) is 3.54. The Kier molecular flexibility index (Phi) is 7.32. The minimum Gasteiger partial charge on any atom is -0.363 e. The molecular weight excluding hydrogens is 385 g/mol. The van der Waals surface area contributed by atoms with E-state index in [4.69, 9.17) is 0 Å². The van der Waals surface area contributed by atoms with Crippen LogP contribution in [0.15, 0.2) is 36.5 Å². The molecular formula is C22H28FN5O2. The Morgan fingerprint density at radius 3 is 2.37 bits per heavy atom. The van der Waals surface area contributed by atoms with Crippen molar-refractivity contribution in [3.63, 3.8) is 0 Å². The number of halogens is 1. The molecule has 3 rings (SSSR count). The molecule has 0 spiro atoms. The summed E-state index contributed by atoms with van der Waals surface area (Å²) in [5.41, 5.74) is 0.427. The van der Waals surface area contributed by atoms with Gasteiger partial charge in [-0.3, -0.25) is 9.59 Å². The Morgan fingerprint density at radius 2 is 1.70 bits per heavy atom. The fraction of sp³-hybridized carbons (Fsp3) is 0.455. The van der Waals surface area contributed by atoms with Crippen molar-refractivity contribution in [3.8, 4) is 0 Å². The molecule has 30 heavy (non-hydrogen) atoms.